The highest BCUT2D eigenvalue weighted by Gasteiger charge is 2.27. The fourth-order valence-electron chi connectivity index (χ4n) is 2.87. The molecule has 6 heteroatoms. The van der Waals surface area contributed by atoms with Crippen LogP contribution in [0.4, 0.5) is 10.2 Å². The Bertz CT molecular complexity index is 654. The number of amides is 1. The van der Waals surface area contributed by atoms with Gasteiger partial charge in [-0.2, -0.15) is 0 Å². The molecule has 2 heterocycles. The molecule has 0 bridgehead atoms. The van der Waals surface area contributed by atoms with Gasteiger partial charge in [0.25, 0.3) is 0 Å². The molecular weight excluding hydrogens is 285 g/mol. The number of halogens is 1. The fourth-order valence-corrected chi connectivity index (χ4v) is 2.87. The SMILES string of the molecule is Cc1cc(NC(=O)CN2CCC[C@@H]2c2ccc(F)cc2)no1. The highest BCUT2D eigenvalue weighted by molar-refractivity contribution is 5.91. The van der Waals surface area contributed by atoms with E-state index in [9.17, 15) is 9.18 Å². The van der Waals surface area contributed by atoms with Crippen molar-refractivity contribution in [3.63, 3.8) is 0 Å². The lowest BCUT2D eigenvalue weighted by atomic mass is 10.0. The minimum absolute atomic E-state index is 0.123. The third kappa shape index (κ3) is 3.33. The number of carbonyl (C=O) groups excluding carboxylic acids is 1. The van der Waals surface area contributed by atoms with E-state index in [1.807, 2.05) is 0 Å². The van der Waals surface area contributed by atoms with Crippen LogP contribution >= 0.6 is 0 Å². The number of carbonyl (C=O) groups is 1. The van der Waals surface area contributed by atoms with Gasteiger partial charge in [0.1, 0.15) is 11.6 Å². The van der Waals surface area contributed by atoms with Gasteiger partial charge in [-0.05, 0) is 44.0 Å². The fraction of sp³-hybridized carbons (Fsp3) is 0.375. The topological polar surface area (TPSA) is 58.4 Å². The molecule has 0 saturated carbocycles. The summed E-state index contributed by atoms with van der Waals surface area (Å²) in [7, 11) is 0. The first kappa shape index (κ1) is 14.7. The molecule has 1 aliphatic heterocycles. The Balaban J connectivity index is 1.63. The molecular formula is C16H18FN3O2. The Hall–Kier alpha value is -2.21. The monoisotopic (exact) mass is 303 g/mol. The molecule has 5 nitrogen and oxygen atoms in total. The maximum absolute atomic E-state index is 13.0. The average Bonchev–Trinajstić information content (AvgIpc) is 3.09. The molecule has 1 N–H and O–H groups in total. The van der Waals surface area contributed by atoms with Crippen LogP contribution in [0.2, 0.25) is 0 Å². The summed E-state index contributed by atoms with van der Waals surface area (Å²) in [6.45, 7) is 2.91. The molecule has 1 atom stereocenters. The molecule has 0 spiro atoms. The van der Waals surface area contributed by atoms with Gasteiger partial charge in [-0.1, -0.05) is 17.3 Å². The number of hydrogen-bond donors (Lipinski definition) is 1. The molecule has 0 radical (unpaired) electrons. The van der Waals surface area contributed by atoms with Crippen LogP contribution in [0.25, 0.3) is 0 Å². The number of nitrogens with one attached hydrogen (secondary N) is 1. The molecule has 2 aromatic rings. The lowest BCUT2D eigenvalue weighted by Gasteiger charge is -2.24. The third-order valence-corrected chi connectivity index (χ3v) is 3.86. The van der Waals surface area contributed by atoms with E-state index in [-0.39, 0.29) is 24.3 Å². The molecule has 0 aliphatic carbocycles. The van der Waals surface area contributed by atoms with Crippen molar-refractivity contribution in [2.24, 2.45) is 0 Å². The molecule has 1 saturated heterocycles. The van der Waals surface area contributed by atoms with E-state index in [1.165, 1.54) is 12.1 Å². The first-order valence-electron chi connectivity index (χ1n) is 7.34. The van der Waals surface area contributed by atoms with Gasteiger partial charge in [0.05, 0.1) is 6.54 Å². The second-order valence-electron chi connectivity index (χ2n) is 5.55. The number of anilines is 1. The quantitative estimate of drug-likeness (QED) is 0.943. The summed E-state index contributed by atoms with van der Waals surface area (Å²) in [5.74, 6) is 0.718. The molecule has 1 fully saturated rings. The van der Waals surface area contributed by atoms with E-state index >= 15 is 0 Å². The maximum atomic E-state index is 13.0. The number of rotatable bonds is 4. The number of aromatic nitrogens is 1. The average molecular weight is 303 g/mol. The van der Waals surface area contributed by atoms with Crippen molar-refractivity contribution in [1.29, 1.82) is 0 Å². The van der Waals surface area contributed by atoms with Gasteiger partial charge in [-0.3, -0.25) is 9.69 Å². The van der Waals surface area contributed by atoms with Crippen molar-refractivity contribution < 1.29 is 13.7 Å². The molecule has 116 valence electrons. The van der Waals surface area contributed by atoms with E-state index in [2.05, 4.69) is 15.4 Å². The second-order valence-corrected chi connectivity index (χ2v) is 5.55. The maximum Gasteiger partial charge on any atom is 0.239 e. The Morgan fingerprint density at radius 1 is 1.45 bits per heavy atom. The van der Waals surface area contributed by atoms with Crippen LogP contribution in [-0.4, -0.2) is 29.1 Å². The van der Waals surface area contributed by atoms with Crippen LogP contribution in [0.15, 0.2) is 34.9 Å². The van der Waals surface area contributed by atoms with Crippen LogP contribution in [-0.2, 0) is 4.79 Å². The van der Waals surface area contributed by atoms with Crippen molar-refractivity contribution in [1.82, 2.24) is 10.1 Å². The Labute approximate surface area is 128 Å². The summed E-state index contributed by atoms with van der Waals surface area (Å²) in [4.78, 5) is 14.2. The Kier molecular flexibility index (Phi) is 4.20. The van der Waals surface area contributed by atoms with Gasteiger partial charge >= 0.3 is 0 Å². The highest BCUT2D eigenvalue weighted by atomic mass is 19.1. The minimum atomic E-state index is -0.243. The van der Waals surface area contributed by atoms with Gasteiger partial charge in [0, 0.05) is 12.1 Å². The van der Waals surface area contributed by atoms with Gasteiger partial charge in [0.2, 0.25) is 5.91 Å². The predicted molar refractivity (Wildman–Crippen MR) is 79.8 cm³/mol. The zero-order chi connectivity index (χ0) is 15.5. The van der Waals surface area contributed by atoms with Crippen LogP contribution in [0.1, 0.15) is 30.2 Å². The number of aryl methyl sites for hydroxylation is 1. The van der Waals surface area contributed by atoms with Crippen LogP contribution in [0.5, 0.6) is 0 Å². The second kappa shape index (κ2) is 6.27. The van der Waals surface area contributed by atoms with Crippen molar-refractivity contribution in [3.8, 4) is 0 Å². The molecule has 1 aromatic carbocycles. The number of benzene rings is 1. The number of hydrogen-bond acceptors (Lipinski definition) is 4. The van der Waals surface area contributed by atoms with Crippen molar-refractivity contribution in [2.75, 3.05) is 18.4 Å². The lowest BCUT2D eigenvalue weighted by molar-refractivity contribution is -0.117. The molecule has 22 heavy (non-hydrogen) atoms. The van der Waals surface area contributed by atoms with Gasteiger partial charge in [0.15, 0.2) is 5.82 Å². The Morgan fingerprint density at radius 2 is 2.23 bits per heavy atom. The molecule has 1 aliphatic rings. The van der Waals surface area contributed by atoms with Crippen molar-refractivity contribution in [2.45, 2.75) is 25.8 Å². The zero-order valence-electron chi connectivity index (χ0n) is 12.4. The zero-order valence-corrected chi connectivity index (χ0v) is 12.4. The van der Waals surface area contributed by atoms with E-state index in [1.54, 1.807) is 25.1 Å². The summed E-state index contributed by atoms with van der Waals surface area (Å²) in [5, 5.41) is 6.48. The molecule has 1 aromatic heterocycles. The van der Waals surface area contributed by atoms with Crippen molar-refractivity contribution in [3.05, 3.63) is 47.5 Å². The summed E-state index contributed by atoms with van der Waals surface area (Å²) in [6.07, 6.45) is 2.00. The summed E-state index contributed by atoms with van der Waals surface area (Å²) >= 11 is 0. The first-order valence-corrected chi connectivity index (χ1v) is 7.34. The summed E-state index contributed by atoms with van der Waals surface area (Å²) in [6, 6.07) is 8.34. The predicted octanol–water partition coefficient (Wildman–Crippen LogP) is 2.90. The Morgan fingerprint density at radius 3 is 2.91 bits per heavy atom. The first-order chi connectivity index (χ1) is 10.6. The summed E-state index contributed by atoms with van der Waals surface area (Å²) in [5.41, 5.74) is 1.05. The van der Waals surface area contributed by atoms with Gasteiger partial charge in [-0.25, -0.2) is 4.39 Å². The smallest absolute Gasteiger partial charge is 0.239 e. The van der Waals surface area contributed by atoms with E-state index in [0.717, 1.165) is 24.9 Å². The van der Waals surface area contributed by atoms with Gasteiger partial charge in [-0.15, -0.1) is 0 Å². The van der Waals surface area contributed by atoms with Crippen molar-refractivity contribution >= 4 is 11.7 Å². The molecule has 1 amide bonds. The van der Waals surface area contributed by atoms with E-state index < -0.39 is 0 Å². The van der Waals surface area contributed by atoms with Gasteiger partial charge < -0.3 is 9.84 Å². The van der Waals surface area contributed by atoms with Crippen LogP contribution in [0.3, 0.4) is 0 Å². The largest absolute Gasteiger partial charge is 0.360 e. The van der Waals surface area contributed by atoms with E-state index in [4.69, 9.17) is 4.52 Å². The molecule has 0 unspecified atom stereocenters. The standard InChI is InChI=1S/C16H18FN3O2/c1-11-9-15(19-22-11)18-16(21)10-20-8-2-3-14(20)12-4-6-13(17)7-5-12/h4-7,9,14H,2-3,8,10H2,1H3,(H,18,19,21)/t14-/m1/s1. The number of likely N-dealkylation sites (tertiary alicyclic amines) is 1. The van der Waals surface area contributed by atoms with E-state index in [0.29, 0.717) is 11.6 Å². The normalized spacial score (nSPS) is 18.5. The highest BCUT2D eigenvalue weighted by Crippen LogP contribution is 2.31. The molecule has 3 rings (SSSR count). The third-order valence-electron chi connectivity index (χ3n) is 3.86. The lowest BCUT2D eigenvalue weighted by Crippen LogP contribution is -2.33. The minimum Gasteiger partial charge on any atom is -0.360 e. The summed E-state index contributed by atoms with van der Waals surface area (Å²) < 4.78 is 18.0. The number of nitrogens with zero attached hydrogens (tertiary/aromatic N) is 2. The van der Waals surface area contributed by atoms with Crippen LogP contribution in [0, 0.1) is 12.7 Å². The van der Waals surface area contributed by atoms with Crippen LogP contribution < -0.4 is 5.32 Å².